The monoisotopic (exact) mass is 295 g/mol. The van der Waals surface area contributed by atoms with Gasteiger partial charge in [0.25, 0.3) is 5.91 Å². The van der Waals surface area contributed by atoms with Crippen molar-refractivity contribution in [2.45, 2.75) is 44.8 Å². The number of benzene rings is 1. The smallest absolute Gasteiger partial charge is 0.255 e. The second-order valence-electron chi connectivity index (χ2n) is 6.44. The van der Waals surface area contributed by atoms with Gasteiger partial charge in [-0.2, -0.15) is 0 Å². The predicted molar refractivity (Wildman–Crippen MR) is 78.4 cm³/mol. The van der Waals surface area contributed by atoms with Crippen molar-refractivity contribution in [2.24, 2.45) is 0 Å². The van der Waals surface area contributed by atoms with Crippen LogP contribution in [-0.4, -0.2) is 35.4 Å². The lowest BCUT2D eigenvalue weighted by Gasteiger charge is -2.28. The molecule has 0 radical (unpaired) electrons. The number of hydrogen-bond acceptors (Lipinski definition) is 3. The number of hydrogen-bond donors (Lipinski definition) is 2. The number of halogens is 1. The van der Waals surface area contributed by atoms with Gasteiger partial charge in [0.2, 0.25) is 0 Å². The van der Waals surface area contributed by atoms with Crippen molar-refractivity contribution in [3.05, 3.63) is 29.3 Å². The lowest BCUT2D eigenvalue weighted by atomic mass is 9.97. The van der Waals surface area contributed by atoms with Crippen molar-refractivity contribution in [3.8, 4) is 5.75 Å². The first kappa shape index (κ1) is 15.8. The molecule has 0 fully saturated rings. The van der Waals surface area contributed by atoms with Crippen molar-refractivity contribution in [3.63, 3.8) is 0 Å². The minimum Gasteiger partial charge on any atom is -0.486 e. The van der Waals surface area contributed by atoms with Gasteiger partial charge in [0.15, 0.2) is 0 Å². The van der Waals surface area contributed by atoms with E-state index in [2.05, 4.69) is 5.32 Å². The zero-order valence-electron chi connectivity index (χ0n) is 12.7. The van der Waals surface area contributed by atoms with E-state index >= 15 is 0 Å². The molecule has 4 nitrogen and oxygen atoms in total. The summed E-state index contributed by atoms with van der Waals surface area (Å²) in [6.07, 6.45) is 0.807. The number of para-hydroxylation sites is 1. The Morgan fingerprint density at radius 2 is 2.24 bits per heavy atom. The van der Waals surface area contributed by atoms with E-state index in [0.717, 1.165) is 12.0 Å². The maximum atomic E-state index is 12.6. The molecule has 1 aromatic rings. The normalized spacial score (nSPS) is 18.5. The van der Waals surface area contributed by atoms with Gasteiger partial charge in [-0.25, -0.2) is 0 Å². The summed E-state index contributed by atoms with van der Waals surface area (Å²) in [5, 5.41) is 12.1. The lowest BCUT2D eigenvalue weighted by Crippen LogP contribution is -2.49. The number of aliphatic hydroxyl groups is 1. The van der Waals surface area contributed by atoms with E-state index in [-0.39, 0.29) is 24.5 Å². The van der Waals surface area contributed by atoms with Gasteiger partial charge in [-0.15, -0.1) is 0 Å². The standard InChI is InChI=1S/C16H22FNO3/c1-15(2)9-11-5-4-6-12(13(11)21-15)14(20)18-16(3,10-19)7-8-17/h4-6,19H,7-10H2,1-3H3,(H,18,20). The largest absolute Gasteiger partial charge is 0.486 e. The average Bonchev–Trinajstić information content (AvgIpc) is 2.72. The summed E-state index contributed by atoms with van der Waals surface area (Å²) in [7, 11) is 0. The van der Waals surface area contributed by atoms with Crippen LogP contribution < -0.4 is 10.1 Å². The van der Waals surface area contributed by atoms with Crippen LogP contribution >= 0.6 is 0 Å². The Bertz CT molecular complexity index is 544. The van der Waals surface area contributed by atoms with Gasteiger partial charge >= 0.3 is 0 Å². The topological polar surface area (TPSA) is 58.6 Å². The summed E-state index contributed by atoms with van der Waals surface area (Å²) in [5.74, 6) is 0.232. The van der Waals surface area contributed by atoms with E-state index in [0.29, 0.717) is 11.3 Å². The van der Waals surface area contributed by atoms with E-state index in [1.807, 2.05) is 26.0 Å². The molecular formula is C16H22FNO3. The molecule has 0 aromatic heterocycles. The molecule has 21 heavy (non-hydrogen) atoms. The van der Waals surface area contributed by atoms with Crippen molar-refractivity contribution in [1.29, 1.82) is 0 Å². The van der Waals surface area contributed by atoms with Gasteiger partial charge in [-0.1, -0.05) is 12.1 Å². The number of fused-ring (bicyclic) bond motifs is 1. The Balaban J connectivity index is 2.24. The van der Waals surface area contributed by atoms with Crippen LogP contribution in [0.15, 0.2) is 18.2 Å². The Kier molecular flexibility index (Phi) is 4.23. The van der Waals surface area contributed by atoms with Crippen LogP contribution in [-0.2, 0) is 6.42 Å². The molecule has 2 rings (SSSR count). The molecule has 1 aliphatic heterocycles. The van der Waals surface area contributed by atoms with Gasteiger partial charge in [-0.05, 0) is 32.4 Å². The molecule has 1 unspecified atom stereocenters. The minimum absolute atomic E-state index is 0.0661. The Hall–Kier alpha value is -1.62. The summed E-state index contributed by atoms with van der Waals surface area (Å²) >= 11 is 0. The number of rotatable bonds is 5. The first-order valence-electron chi connectivity index (χ1n) is 7.10. The first-order valence-corrected chi connectivity index (χ1v) is 7.10. The van der Waals surface area contributed by atoms with Crippen LogP contribution in [0.2, 0.25) is 0 Å². The molecule has 0 bridgehead atoms. The number of amides is 1. The van der Waals surface area contributed by atoms with E-state index in [1.54, 1.807) is 13.0 Å². The van der Waals surface area contributed by atoms with Gasteiger partial charge in [0.05, 0.1) is 24.4 Å². The summed E-state index contributed by atoms with van der Waals surface area (Å²) in [6, 6.07) is 5.43. The summed E-state index contributed by atoms with van der Waals surface area (Å²) in [5.41, 5.74) is 0.112. The van der Waals surface area contributed by atoms with Gasteiger partial charge in [0.1, 0.15) is 11.4 Å². The quantitative estimate of drug-likeness (QED) is 0.876. The molecular weight excluding hydrogens is 273 g/mol. The fourth-order valence-electron chi connectivity index (χ4n) is 2.53. The Morgan fingerprint density at radius 1 is 1.52 bits per heavy atom. The molecule has 5 heteroatoms. The number of aliphatic hydroxyl groups excluding tert-OH is 1. The van der Waals surface area contributed by atoms with Crippen LogP contribution in [0.25, 0.3) is 0 Å². The number of nitrogens with one attached hydrogen (secondary N) is 1. The molecule has 0 aliphatic carbocycles. The second-order valence-corrected chi connectivity index (χ2v) is 6.44. The highest BCUT2D eigenvalue weighted by Crippen LogP contribution is 2.37. The fraction of sp³-hybridized carbons (Fsp3) is 0.562. The predicted octanol–water partition coefficient (Wildman–Crippen LogP) is 2.24. The minimum atomic E-state index is -0.970. The van der Waals surface area contributed by atoms with Crippen LogP contribution in [0.3, 0.4) is 0 Å². The molecule has 1 amide bonds. The molecule has 0 saturated heterocycles. The molecule has 2 N–H and O–H groups in total. The van der Waals surface area contributed by atoms with Crippen LogP contribution in [0.1, 0.15) is 43.1 Å². The van der Waals surface area contributed by atoms with Crippen LogP contribution in [0.4, 0.5) is 4.39 Å². The lowest BCUT2D eigenvalue weighted by molar-refractivity contribution is 0.0821. The zero-order valence-corrected chi connectivity index (χ0v) is 12.7. The van der Waals surface area contributed by atoms with Gasteiger partial charge in [-0.3, -0.25) is 9.18 Å². The molecule has 0 saturated carbocycles. The summed E-state index contributed by atoms with van der Waals surface area (Å²) < 4.78 is 18.4. The highest BCUT2D eigenvalue weighted by atomic mass is 19.1. The van der Waals surface area contributed by atoms with Crippen molar-refractivity contribution >= 4 is 5.91 Å². The number of alkyl halides is 1. The highest BCUT2D eigenvalue weighted by Gasteiger charge is 2.34. The zero-order chi connectivity index (χ0) is 15.7. The SMILES string of the molecule is CC(CO)(CCF)NC(=O)c1cccc2c1OC(C)(C)C2. The molecule has 1 aromatic carbocycles. The molecule has 0 spiro atoms. The Labute approximate surface area is 124 Å². The van der Waals surface area contributed by atoms with E-state index in [4.69, 9.17) is 4.74 Å². The van der Waals surface area contributed by atoms with E-state index in [9.17, 15) is 14.3 Å². The van der Waals surface area contributed by atoms with Crippen molar-refractivity contribution < 1.29 is 19.0 Å². The maximum Gasteiger partial charge on any atom is 0.255 e. The highest BCUT2D eigenvalue weighted by molar-refractivity contribution is 5.98. The fourth-order valence-corrected chi connectivity index (χ4v) is 2.53. The molecule has 116 valence electrons. The van der Waals surface area contributed by atoms with Crippen molar-refractivity contribution in [1.82, 2.24) is 5.32 Å². The number of carbonyl (C=O) groups excluding carboxylic acids is 1. The van der Waals surface area contributed by atoms with E-state index in [1.165, 1.54) is 0 Å². The van der Waals surface area contributed by atoms with E-state index < -0.39 is 12.2 Å². The van der Waals surface area contributed by atoms with Crippen LogP contribution in [0.5, 0.6) is 5.75 Å². The van der Waals surface area contributed by atoms with Gasteiger partial charge < -0.3 is 15.2 Å². The average molecular weight is 295 g/mol. The third-order valence-electron chi connectivity index (χ3n) is 3.75. The molecule has 1 aliphatic rings. The first-order chi connectivity index (χ1) is 9.80. The third-order valence-corrected chi connectivity index (χ3v) is 3.75. The molecule has 1 heterocycles. The van der Waals surface area contributed by atoms with Crippen molar-refractivity contribution in [2.75, 3.05) is 13.3 Å². The Morgan fingerprint density at radius 3 is 2.86 bits per heavy atom. The van der Waals surface area contributed by atoms with Gasteiger partial charge in [0, 0.05) is 12.8 Å². The maximum absolute atomic E-state index is 12.6. The molecule has 1 atom stereocenters. The summed E-state index contributed by atoms with van der Waals surface area (Å²) in [4.78, 5) is 12.4. The number of carbonyl (C=O) groups is 1. The third kappa shape index (κ3) is 3.35. The number of ether oxygens (including phenoxy) is 1. The second kappa shape index (κ2) is 5.64. The summed E-state index contributed by atoms with van der Waals surface area (Å²) in [6.45, 7) is 4.64. The van der Waals surface area contributed by atoms with Crippen LogP contribution in [0, 0.1) is 0 Å².